The summed E-state index contributed by atoms with van der Waals surface area (Å²) in [6.45, 7) is 18.8. The van der Waals surface area contributed by atoms with Gasteiger partial charge in [-0.25, -0.2) is 4.98 Å². The Kier molecular flexibility index (Phi) is 9.93. The molecule has 7 aromatic carbocycles. The molecule has 0 saturated heterocycles. The van der Waals surface area contributed by atoms with E-state index in [0.29, 0.717) is 6.67 Å². The molecule has 0 aliphatic carbocycles. The number of rotatable bonds is 7. The van der Waals surface area contributed by atoms with Crippen LogP contribution in [0.4, 0.5) is 11.4 Å². The maximum absolute atomic E-state index is 6.95. The number of anilines is 2. The van der Waals surface area contributed by atoms with E-state index in [0.717, 1.165) is 45.2 Å². The Morgan fingerprint density at radius 3 is 1.86 bits per heavy atom. The van der Waals surface area contributed by atoms with Gasteiger partial charge in [0.05, 0.1) is 22.4 Å². The van der Waals surface area contributed by atoms with E-state index in [2.05, 4.69) is 234 Å². The number of hydrogen-bond donors (Lipinski definition) is 0. The number of aromatic nitrogens is 2. The number of benzene rings is 7. The Morgan fingerprint density at radius 2 is 1.17 bits per heavy atom. The lowest BCUT2D eigenvalue weighted by Crippen LogP contribution is -2.28. The SMILES string of the molecule is Cc1cc(C(C)(C)C)cc(C)c1N1CN(c2cccc(Oc3ccc4c5ccc6sc7ccccc7c6c5n(-c5cc(C(C)(C)C)ccn5)c4c3)c2)C(c2ccccc2)=C1c1ccccc1. The minimum atomic E-state index is -0.0432. The molecule has 326 valence electrons. The molecule has 4 heterocycles. The highest BCUT2D eigenvalue weighted by atomic mass is 32.1. The van der Waals surface area contributed by atoms with Gasteiger partial charge in [-0.2, -0.15) is 0 Å². The van der Waals surface area contributed by atoms with E-state index in [1.165, 1.54) is 70.3 Å². The molecule has 0 atom stereocenters. The minimum absolute atomic E-state index is 0.0412. The molecule has 11 rings (SSSR count). The van der Waals surface area contributed by atoms with Crippen LogP contribution in [0.2, 0.25) is 0 Å². The fourth-order valence-electron chi connectivity index (χ4n) is 9.98. The summed E-state index contributed by atoms with van der Waals surface area (Å²) in [7, 11) is 0. The summed E-state index contributed by atoms with van der Waals surface area (Å²) in [5.41, 5.74) is 14.3. The van der Waals surface area contributed by atoms with Crippen LogP contribution in [-0.4, -0.2) is 16.2 Å². The molecule has 0 N–H and O–H groups in total. The molecule has 0 unspecified atom stereocenters. The molecule has 66 heavy (non-hydrogen) atoms. The van der Waals surface area contributed by atoms with Gasteiger partial charge in [0, 0.05) is 71.8 Å². The van der Waals surface area contributed by atoms with Crippen LogP contribution in [0.3, 0.4) is 0 Å². The lowest BCUT2D eigenvalue weighted by molar-refractivity contribution is 0.483. The number of hydrogen-bond acceptors (Lipinski definition) is 5. The van der Waals surface area contributed by atoms with Gasteiger partial charge in [-0.1, -0.05) is 145 Å². The molecule has 3 aromatic heterocycles. The van der Waals surface area contributed by atoms with Crippen molar-refractivity contribution in [2.24, 2.45) is 0 Å². The van der Waals surface area contributed by atoms with Gasteiger partial charge in [-0.15, -0.1) is 11.3 Å². The van der Waals surface area contributed by atoms with E-state index >= 15 is 0 Å². The van der Waals surface area contributed by atoms with Crippen molar-refractivity contribution in [2.45, 2.75) is 66.2 Å². The van der Waals surface area contributed by atoms with Gasteiger partial charge in [0.25, 0.3) is 0 Å². The molecule has 0 spiro atoms. The van der Waals surface area contributed by atoms with Crippen molar-refractivity contribution in [1.29, 1.82) is 0 Å². The Bertz CT molecular complexity index is 3510. The molecule has 5 nitrogen and oxygen atoms in total. The quantitative estimate of drug-likeness (QED) is 0.160. The summed E-state index contributed by atoms with van der Waals surface area (Å²) in [5.74, 6) is 2.43. The number of ether oxygens (including phenoxy) is 1. The Hall–Kier alpha value is -7.15. The number of thiophene rings is 1. The minimum Gasteiger partial charge on any atom is -0.457 e. The van der Waals surface area contributed by atoms with Crippen molar-refractivity contribution in [3.8, 4) is 17.3 Å². The van der Waals surface area contributed by atoms with Gasteiger partial charge >= 0.3 is 0 Å². The molecule has 0 bridgehead atoms. The number of fused-ring (bicyclic) bond motifs is 7. The molecule has 0 saturated carbocycles. The highest BCUT2D eigenvalue weighted by Gasteiger charge is 2.35. The lowest BCUT2D eigenvalue weighted by Gasteiger charge is -2.29. The highest BCUT2D eigenvalue weighted by molar-refractivity contribution is 7.26. The zero-order valence-electron chi connectivity index (χ0n) is 39.0. The summed E-state index contributed by atoms with van der Waals surface area (Å²) in [6, 6.07) is 59.2. The van der Waals surface area contributed by atoms with Crippen molar-refractivity contribution in [3.05, 3.63) is 203 Å². The summed E-state index contributed by atoms with van der Waals surface area (Å²) in [4.78, 5) is 10.0. The van der Waals surface area contributed by atoms with E-state index in [1.54, 1.807) is 0 Å². The standard InChI is InChI=1S/C60H54N4OS/c1-38-32-43(60(6,7)8)33-39(2)55(38)63-37-62(56(40-18-11-9-12-19-40)57(63)41-20-13-10-14-21-41)44-22-17-23-45(35-44)65-46-26-27-47-48-28-29-52-54(49-24-15-16-25-51(49)66-52)58(48)64(50(47)36-46)53-34-42(30-31-61-53)59(3,4)5/h9-36H,37H2,1-8H3. The predicted molar refractivity (Wildman–Crippen MR) is 281 cm³/mol. The molecule has 6 heteroatoms. The van der Waals surface area contributed by atoms with Crippen molar-refractivity contribution in [2.75, 3.05) is 16.5 Å². The summed E-state index contributed by atoms with van der Waals surface area (Å²) >= 11 is 1.84. The predicted octanol–water partition coefficient (Wildman–Crippen LogP) is 16.4. The zero-order chi connectivity index (χ0) is 45.5. The van der Waals surface area contributed by atoms with E-state index in [4.69, 9.17) is 9.72 Å². The number of aryl methyl sites for hydroxylation is 2. The van der Waals surface area contributed by atoms with Crippen LogP contribution in [0, 0.1) is 13.8 Å². The van der Waals surface area contributed by atoms with E-state index in [-0.39, 0.29) is 10.8 Å². The third-order valence-corrected chi connectivity index (χ3v) is 14.3. The third-order valence-electron chi connectivity index (χ3n) is 13.2. The van der Waals surface area contributed by atoms with E-state index in [1.807, 2.05) is 17.5 Å². The van der Waals surface area contributed by atoms with Crippen molar-refractivity contribution in [1.82, 2.24) is 9.55 Å². The average Bonchev–Trinajstić information content (AvgIpc) is 3.99. The highest BCUT2D eigenvalue weighted by Crippen LogP contribution is 2.47. The van der Waals surface area contributed by atoms with E-state index in [9.17, 15) is 0 Å². The fraction of sp³-hybridized carbons (Fsp3) is 0.183. The number of nitrogens with zero attached hydrogens (tertiary/aromatic N) is 4. The first-order valence-electron chi connectivity index (χ1n) is 23.0. The first kappa shape index (κ1) is 41.5. The zero-order valence-corrected chi connectivity index (χ0v) is 39.8. The van der Waals surface area contributed by atoms with Crippen molar-refractivity contribution in [3.63, 3.8) is 0 Å². The molecular formula is C60H54N4OS. The maximum atomic E-state index is 6.95. The van der Waals surface area contributed by atoms with Gasteiger partial charge in [0.15, 0.2) is 0 Å². The van der Waals surface area contributed by atoms with Crippen LogP contribution < -0.4 is 14.5 Å². The van der Waals surface area contributed by atoms with Gasteiger partial charge < -0.3 is 14.5 Å². The van der Waals surface area contributed by atoms with Gasteiger partial charge in [0.1, 0.15) is 24.0 Å². The van der Waals surface area contributed by atoms with Crippen molar-refractivity contribution < 1.29 is 4.74 Å². The Balaban J connectivity index is 1.05. The summed E-state index contributed by atoms with van der Waals surface area (Å²) in [5, 5.41) is 4.88. The first-order chi connectivity index (χ1) is 31.8. The molecule has 0 amide bonds. The second kappa shape index (κ2) is 15.8. The Labute approximate surface area is 391 Å². The van der Waals surface area contributed by atoms with Crippen LogP contribution in [0.5, 0.6) is 11.5 Å². The van der Waals surface area contributed by atoms with Crippen molar-refractivity contribution >= 4 is 76.1 Å². The molecular weight excluding hydrogens is 825 g/mol. The third kappa shape index (κ3) is 7.12. The van der Waals surface area contributed by atoms with Gasteiger partial charge in [0.2, 0.25) is 0 Å². The topological polar surface area (TPSA) is 33.5 Å². The van der Waals surface area contributed by atoms with Gasteiger partial charge in [-0.3, -0.25) is 4.57 Å². The smallest absolute Gasteiger partial charge is 0.137 e. The van der Waals surface area contributed by atoms with Gasteiger partial charge in [-0.05, 0) is 95.5 Å². The van der Waals surface area contributed by atoms with Crippen LogP contribution in [0.15, 0.2) is 170 Å². The molecule has 10 aromatic rings. The summed E-state index contributed by atoms with van der Waals surface area (Å²) in [6.07, 6.45) is 1.95. The number of pyridine rings is 1. The largest absolute Gasteiger partial charge is 0.457 e. The van der Waals surface area contributed by atoms with Crippen LogP contribution in [0.25, 0.3) is 59.2 Å². The average molecular weight is 879 g/mol. The normalized spacial score (nSPS) is 13.6. The molecule has 1 aliphatic heterocycles. The molecule has 0 radical (unpaired) electrons. The van der Waals surface area contributed by atoms with Crippen LogP contribution >= 0.6 is 11.3 Å². The Morgan fingerprint density at radius 1 is 0.530 bits per heavy atom. The second-order valence-corrected chi connectivity index (χ2v) is 20.9. The first-order valence-corrected chi connectivity index (χ1v) is 23.8. The lowest BCUT2D eigenvalue weighted by atomic mass is 9.84. The monoisotopic (exact) mass is 878 g/mol. The molecule has 1 aliphatic rings. The maximum Gasteiger partial charge on any atom is 0.137 e. The van der Waals surface area contributed by atoms with Crippen LogP contribution in [-0.2, 0) is 10.8 Å². The second-order valence-electron chi connectivity index (χ2n) is 19.8. The molecule has 0 fully saturated rings. The van der Waals surface area contributed by atoms with E-state index < -0.39 is 0 Å². The summed E-state index contributed by atoms with van der Waals surface area (Å²) < 4.78 is 11.9. The fourth-order valence-corrected chi connectivity index (χ4v) is 11.1. The van der Waals surface area contributed by atoms with Crippen LogP contribution in [0.1, 0.15) is 74.9 Å².